The molecule has 1 aromatic heterocycles. The van der Waals surface area contributed by atoms with Gasteiger partial charge in [0.05, 0.1) is 4.47 Å². The quantitative estimate of drug-likeness (QED) is 0.796. The highest BCUT2D eigenvalue weighted by atomic mass is 79.9. The lowest BCUT2D eigenvalue weighted by molar-refractivity contribution is -0.142. The van der Waals surface area contributed by atoms with Gasteiger partial charge in [-0.25, -0.2) is 0 Å². The van der Waals surface area contributed by atoms with E-state index in [9.17, 15) is 18.0 Å². The zero-order valence-corrected chi connectivity index (χ0v) is 10.9. The first-order valence-corrected chi connectivity index (χ1v) is 5.91. The minimum atomic E-state index is -4.54. The van der Waals surface area contributed by atoms with Crippen LogP contribution in [0, 0.1) is 0 Å². The molecule has 1 heterocycles. The van der Waals surface area contributed by atoms with Gasteiger partial charge in [-0.05, 0) is 28.9 Å². The first-order valence-electron chi connectivity index (χ1n) is 5.11. The molecule has 5 nitrogen and oxygen atoms in total. The minimum absolute atomic E-state index is 0.190. The van der Waals surface area contributed by atoms with Gasteiger partial charge in [-0.3, -0.25) is 9.48 Å². The number of nitrogens with one attached hydrogen (secondary N) is 1. The highest BCUT2D eigenvalue weighted by molar-refractivity contribution is 9.10. The predicted molar refractivity (Wildman–Crippen MR) is 61.6 cm³/mol. The molecule has 0 spiro atoms. The average Bonchev–Trinajstić information content (AvgIpc) is 2.59. The number of amides is 1. The number of carbonyl (C=O) groups excluding carboxylic acids is 1. The van der Waals surface area contributed by atoms with E-state index in [1.54, 1.807) is 0 Å². The van der Waals surface area contributed by atoms with Crippen LogP contribution >= 0.6 is 15.9 Å². The van der Waals surface area contributed by atoms with Crippen molar-refractivity contribution in [3.05, 3.63) is 16.4 Å². The molecule has 1 amide bonds. The molecule has 0 saturated heterocycles. The van der Waals surface area contributed by atoms with Gasteiger partial charge >= 0.3 is 6.18 Å². The summed E-state index contributed by atoms with van der Waals surface area (Å²) in [5.41, 5.74) is 4.19. The Morgan fingerprint density at radius 2 is 2.22 bits per heavy atom. The summed E-state index contributed by atoms with van der Waals surface area (Å²) in [6.07, 6.45) is -2.81. The van der Waals surface area contributed by atoms with E-state index >= 15 is 0 Å². The van der Waals surface area contributed by atoms with Gasteiger partial charge in [0.1, 0.15) is 6.54 Å². The van der Waals surface area contributed by atoms with Crippen molar-refractivity contribution in [1.29, 1.82) is 0 Å². The Morgan fingerprint density at radius 1 is 1.56 bits per heavy atom. The average molecular weight is 329 g/mol. The van der Waals surface area contributed by atoms with Crippen LogP contribution in [0.15, 0.2) is 10.7 Å². The van der Waals surface area contributed by atoms with E-state index in [4.69, 9.17) is 5.73 Å². The fourth-order valence-corrected chi connectivity index (χ4v) is 1.74. The van der Waals surface area contributed by atoms with Crippen LogP contribution in [0.3, 0.4) is 0 Å². The number of nitrogens with zero attached hydrogens (tertiary/aromatic N) is 2. The van der Waals surface area contributed by atoms with E-state index in [-0.39, 0.29) is 11.0 Å². The Hall–Kier alpha value is -1.09. The summed E-state index contributed by atoms with van der Waals surface area (Å²) in [6.45, 7) is 0.564. The summed E-state index contributed by atoms with van der Waals surface area (Å²) < 4.78 is 38.0. The number of hydrogen-bond acceptors (Lipinski definition) is 3. The molecular formula is C9H12BrF3N4O. The molecule has 1 rings (SSSR count). The third-order valence-electron chi connectivity index (χ3n) is 1.99. The second-order valence-electron chi connectivity index (χ2n) is 3.51. The molecule has 0 aromatic carbocycles. The number of nitrogens with two attached hydrogens (primary N) is 1. The molecule has 0 aliphatic rings. The standard InChI is InChI=1S/C9H12BrF3N4O/c10-6-4-17(16-8(6)9(11,12)13)5-7(18)15-3-1-2-14/h4H,1-3,5,14H2,(H,15,18). The number of rotatable bonds is 5. The maximum absolute atomic E-state index is 12.4. The van der Waals surface area contributed by atoms with Crippen LogP contribution in [0.5, 0.6) is 0 Å². The Balaban J connectivity index is 2.61. The molecule has 18 heavy (non-hydrogen) atoms. The number of halogens is 4. The monoisotopic (exact) mass is 328 g/mol. The summed E-state index contributed by atoms with van der Waals surface area (Å²) in [5, 5.41) is 5.83. The van der Waals surface area contributed by atoms with Crippen LogP contribution in [0.4, 0.5) is 13.2 Å². The summed E-state index contributed by atoms with van der Waals surface area (Å²) in [4.78, 5) is 11.3. The molecule has 0 fully saturated rings. The summed E-state index contributed by atoms with van der Waals surface area (Å²) in [7, 11) is 0. The van der Waals surface area contributed by atoms with Crippen molar-refractivity contribution in [1.82, 2.24) is 15.1 Å². The van der Waals surface area contributed by atoms with Crippen molar-refractivity contribution in [3.8, 4) is 0 Å². The largest absolute Gasteiger partial charge is 0.436 e. The normalized spacial score (nSPS) is 11.6. The number of alkyl halides is 3. The SMILES string of the molecule is NCCCNC(=O)Cn1cc(Br)c(C(F)(F)F)n1. The molecule has 0 aliphatic carbocycles. The fraction of sp³-hybridized carbons (Fsp3) is 0.556. The molecule has 0 radical (unpaired) electrons. The van der Waals surface area contributed by atoms with Crippen LogP contribution < -0.4 is 11.1 Å². The number of aromatic nitrogens is 2. The highest BCUT2D eigenvalue weighted by Gasteiger charge is 2.36. The third-order valence-corrected chi connectivity index (χ3v) is 2.57. The van der Waals surface area contributed by atoms with Gasteiger partial charge in [0, 0.05) is 12.7 Å². The van der Waals surface area contributed by atoms with Crippen molar-refractivity contribution >= 4 is 21.8 Å². The minimum Gasteiger partial charge on any atom is -0.354 e. The molecule has 0 aliphatic heterocycles. The van der Waals surface area contributed by atoms with Gasteiger partial charge in [0.2, 0.25) is 5.91 Å². The van der Waals surface area contributed by atoms with Crippen LogP contribution in [0.1, 0.15) is 12.1 Å². The van der Waals surface area contributed by atoms with Gasteiger partial charge in [0.15, 0.2) is 5.69 Å². The molecule has 3 N–H and O–H groups in total. The van der Waals surface area contributed by atoms with E-state index in [1.807, 2.05) is 0 Å². The zero-order chi connectivity index (χ0) is 13.8. The first-order chi connectivity index (χ1) is 8.34. The second-order valence-corrected chi connectivity index (χ2v) is 4.37. The van der Waals surface area contributed by atoms with Crippen molar-refractivity contribution in [2.75, 3.05) is 13.1 Å². The highest BCUT2D eigenvalue weighted by Crippen LogP contribution is 2.33. The van der Waals surface area contributed by atoms with Crippen molar-refractivity contribution in [2.45, 2.75) is 19.1 Å². The lowest BCUT2D eigenvalue weighted by Gasteiger charge is -2.04. The van der Waals surface area contributed by atoms with E-state index in [0.29, 0.717) is 19.5 Å². The van der Waals surface area contributed by atoms with E-state index in [2.05, 4.69) is 26.3 Å². The third kappa shape index (κ3) is 4.30. The van der Waals surface area contributed by atoms with E-state index in [1.165, 1.54) is 0 Å². The molecule has 9 heteroatoms. The van der Waals surface area contributed by atoms with Gasteiger partial charge in [-0.1, -0.05) is 0 Å². The smallest absolute Gasteiger partial charge is 0.354 e. The number of hydrogen-bond donors (Lipinski definition) is 2. The van der Waals surface area contributed by atoms with Crippen molar-refractivity contribution in [2.24, 2.45) is 5.73 Å². The van der Waals surface area contributed by atoms with Gasteiger partial charge in [0.25, 0.3) is 0 Å². The molecule has 1 aromatic rings. The van der Waals surface area contributed by atoms with Gasteiger partial charge < -0.3 is 11.1 Å². The molecular weight excluding hydrogens is 317 g/mol. The van der Waals surface area contributed by atoms with Crippen LogP contribution in [0.2, 0.25) is 0 Å². The molecule has 0 saturated carbocycles. The Bertz CT molecular complexity index is 418. The maximum Gasteiger partial charge on any atom is 0.436 e. The lowest BCUT2D eigenvalue weighted by atomic mass is 10.4. The fourth-order valence-electron chi connectivity index (χ4n) is 1.20. The summed E-state index contributed by atoms with van der Waals surface area (Å²) >= 11 is 2.76. The van der Waals surface area contributed by atoms with Crippen LogP contribution in [-0.4, -0.2) is 28.8 Å². The van der Waals surface area contributed by atoms with Crippen molar-refractivity contribution in [3.63, 3.8) is 0 Å². The lowest BCUT2D eigenvalue weighted by Crippen LogP contribution is -2.29. The molecule has 102 valence electrons. The Morgan fingerprint density at radius 3 is 2.72 bits per heavy atom. The van der Waals surface area contributed by atoms with Gasteiger partial charge in [-0.2, -0.15) is 18.3 Å². The topological polar surface area (TPSA) is 72.9 Å². The molecule has 0 atom stereocenters. The van der Waals surface area contributed by atoms with Crippen molar-refractivity contribution < 1.29 is 18.0 Å². The first kappa shape index (κ1) is 15.0. The zero-order valence-electron chi connectivity index (χ0n) is 9.30. The Kier molecular flexibility index (Phi) is 5.15. The molecule has 0 unspecified atom stereocenters. The predicted octanol–water partition coefficient (Wildman–Crippen LogP) is 1.13. The van der Waals surface area contributed by atoms with E-state index < -0.39 is 17.8 Å². The van der Waals surface area contributed by atoms with Gasteiger partial charge in [-0.15, -0.1) is 0 Å². The molecule has 0 bridgehead atoms. The summed E-state index contributed by atoms with van der Waals surface area (Å²) in [6, 6.07) is 0. The van der Waals surface area contributed by atoms with E-state index in [0.717, 1.165) is 10.9 Å². The number of carbonyl (C=O) groups is 1. The Labute approximate surface area is 110 Å². The van der Waals surface area contributed by atoms with Crippen LogP contribution in [0.25, 0.3) is 0 Å². The van der Waals surface area contributed by atoms with Crippen LogP contribution in [-0.2, 0) is 17.5 Å². The second kappa shape index (κ2) is 6.19. The maximum atomic E-state index is 12.4. The summed E-state index contributed by atoms with van der Waals surface area (Å²) in [5.74, 6) is -0.410.